The number of likely N-dealkylation sites (N-methyl/N-ethyl adjacent to an activating group) is 1. The molecule has 1 fully saturated rings. The summed E-state index contributed by atoms with van der Waals surface area (Å²) in [4.78, 5) is 7.25. The van der Waals surface area contributed by atoms with Gasteiger partial charge in [-0.05, 0) is 49.6 Å². The maximum atomic E-state index is 13.3. The maximum absolute atomic E-state index is 13.3. The molecule has 23 heavy (non-hydrogen) atoms. The first-order chi connectivity index (χ1) is 11.1. The summed E-state index contributed by atoms with van der Waals surface area (Å²) in [6.45, 7) is 2.03. The van der Waals surface area contributed by atoms with E-state index in [2.05, 4.69) is 10.1 Å². The average molecular weight is 318 g/mol. The summed E-state index contributed by atoms with van der Waals surface area (Å²) >= 11 is 0. The normalized spacial score (nSPS) is 28.4. The lowest BCUT2D eigenvalue weighted by Gasteiger charge is -2.36. The third-order valence-electron chi connectivity index (χ3n) is 4.99. The molecule has 1 N–H and O–H groups in total. The van der Waals surface area contributed by atoms with Crippen molar-refractivity contribution in [2.24, 2.45) is 5.16 Å². The minimum Gasteiger partial charge on any atom is -0.399 e. The van der Waals surface area contributed by atoms with Crippen LogP contribution in [0.2, 0.25) is 0 Å². The first-order valence-corrected chi connectivity index (χ1v) is 8.06. The zero-order valence-corrected chi connectivity index (χ0v) is 13.8. The monoisotopic (exact) mass is 318 g/mol. The minimum atomic E-state index is -0.411. The second kappa shape index (κ2) is 6.42. The lowest BCUT2D eigenvalue weighted by Crippen LogP contribution is -2.43. The number of halogens is 1. The average Bonchev–Trinajstić information content (AvgIpc) is 2.72. The molecule has 0 saturated carbocycles. The number of oxime groups is 1. The molecule has 1 aromatic rings. The van der Waals surface area contributed by atoms with Gasteiger partial charge in [-0.15, -0.1) is 0 Å². The first kappa shape index (κ1) is 16.1. The number of rotatable bonds is 4. The van der Waals surface area contributed by atoms with Crippen molar-refractivity contribution in [1.82, 2.24) is 4.90 Å². The van der Waals surface area contributed by atoms with Crippen molar-refractivity contribution in [3.05, 3.63) is 41.2 Å². The number of aliphatic hydroxyl groups is 1. The SMILES string of the molecule is CCC(=NOC)C1=C(c2ccc(F)cc2)CC2CC(O)[C@H]1N2C. The quantitative estimate of drug-likeness (QED) is 0.686. The van der Waals surface area contributed by atoms with Gasteiger partial charge in [0.15, 0.2) is 0 Å². The van der Waals surface area contributed by atoms with E-state index in [0.717, 1.165) is 41.7 Å². The number of fused-ring (bicyclic) bond motifs is 2. The molecule has 2 aliphatic rings. The van der Waals surface area contributed by atoms with Crippen LogP contribution in [0, 0.1) is 5.82 Å². The zero-order valence-electron chi connectivity index (χ0n) is 13.8. The number of hydrogen-bond acceptors (Lipinski definition) is 4. The van der Waals surface area contributed by atoms with Crippen molar-refractivity contribution in [3.63, 3.8) is 0 Å². The number of benzene rings is 1. The zero-order chi connectivity index (χ0) is 16.6. The van der Waals surface area contributed by atoms with E-state index in [9.17, 15) is 9.50 Å². The Morgan fingerprint density at radius 1 is 1.39 bits per heavy atom. The second-order valence-corrected chi connectivity index (χ2v) is 6.24. The number of nitrogens with zero attached hydrogens (tertiary/aromatic N) is 2. The van der Waals surface area contributed by atoms with E-state index in [1.54, 1.807) is 0 Å². The van der Waals surface area contributed by atoms with Crippen molar-refractivity contribution < 1.29 is 14.3 Å². The minimum absolute atomic E-state index is 0.0809. The van der Waals surface area contributed by atoms with Crippen LogP contribution >= 0.6 is 0 Å². The predicted molar refractivity (Wildman–Crippen MR) is 88.6 cm³/mol. The molecule has 0 radical (unpaired) electrons. The van der Waals surface area contributed by atoms with Crippen LogP contribution in [0.15, 0.2) is 35.0 Å². The van der Waals surface area contributed by atoms with Crippen LogP contribution in [-0.2, 0) is 4.84 Å². The summed E-state index contributed by atoms with van der Waals surface area (Å²) < 4.78 is 13.3. The molecule has 2 unspecified atom stereocenters. The van der Waals surface area contributed by atoms with Crippen molar-refractivity contribution >= 4 is 11.3 Å². The van der Waals surface area contributed by atoms with Gasteiger partial charge in [0.05, 0.1) is 17.9 Å². The Morgan fingerprint density at radius 3 is 2.70 bits per heavy atom. The van der Waals surface area contributed by atoms with Crippen LogP contribution in [-0.4, -0.2) is 48.1 Å². The Labute approximate surface area is 136 Å². The third kappa shape index (κ3) is 2.79. The molecule has 0 spiro atoms. The molecule has 1 aromatic carbocycles. The highest BCUT2D eigenvalue weighted by atomic mass is 19.1. The number of aliphatic hydroxyl groups excluding tert-OH is 1. The molecule has 3 atom stereocenters. The van der Waals surface area contributed by atoms with Crippen LogP contribution in [0.5, 0.6) is 0 Å². The molecule has 124 valence electrons. The van der Waals surface area contributed by atoms with E-state index in [0.29, 0.717) is 6.04 Å². The Balaban J connectivity index is 2.16. The standard InChI is InChI=1S/C18H23FN2O2/c1-4-15(20-23-3)17-14(11-5-7-12(19)8-6-11)9-13-10-16(22)18(17)21(13)2/h5-8,13,16,18,22H,4,9-10H2,1-3H3/t13?,16?,18-/m1/s1. The van der Waals surface area contributed by atoms with Gasteiger partial charge in [-0.2, -0.15) is 0 Å². The topological polar surface area (TPSA) is 45.1 Å². The van der Waals surface area contributed by atoms with Crippen LogP contribution in [0.4, 0.5) is 4.39 Å². The molecule has 3 rings (SSSR count). The highest BCUT2D eigenvalue weighted by molar-refractivity contribution is 6.07. The molecule has 0 aromatic heterocycles. The van der Waals surface area contributed by atoms with Gasteiger partial charge in [0.1, 0.15) is 12.9 Å². The van der Waals surface area contributed by atoms with Crippen LogP contribution in [0.1, 0.15) is 31.7 Å². The van der Waals surface area contributed by atoms with Gasteiger partial charge in [-0.25, -0.2) is 4.39 Å². The lowest BCUT2D eigenvalue weighted by atomic mass is 9.85. The predicted octanol–water partition coefficient (Wildman–Crippen LogP) is 2.83. The fraction of sp³-hybridized carbons (Fsp3) is 0.500. The lowest BCUT2D eigenvalue weighted by molar-refractivity contribution is 0.143. The number of hydrogen-bond donors (Lipinski definition) is 1. The Hall–Kier alpha value is -1.72. The fourth-order valence-corrected chi connectivity index (χ4v) is 3.90. The molecular formula is C18H23FN2O2. The summed E-state index contributed by atoms with van der Waals surface area (Å²) in [5.74, 6) is -0.242. The van der Waals surface area contributed by atoms with Gasteiger partial charge in [-0.1, -0.05) is 24.2 Å². The largest absolute Gasteiger partial charge is 0.399 e. The van der Waals surface area contributed by atoms with Crippen molar-refractivity contribution in [1.29, 1.82) is 0 Å². The molecule has 0 amide bonds. The molecular weight excluding hydrogens is 295 g/mol. The van der Waals surface area contributed by atoms with Gasteiger partial charge >= 0.3 is 0 Å². The maximum Gasteiger partial charge on any atom is 0.123 e. The highest BCUT2D eigenvalue weighted by Crippen LogP contribution is 2.43. The summed E-state index contributed by atoms with van der Waals surface area (Å²) in [5, 5.41) is 14.7. The summed E-state index contributed by atoms with van der Waals surface area (Å²) in [7, 11) is 3.58. The third-order valence-corrected chi connectivity index (χ3v) is 4.99. The van der Waals surface area contributed by atoms with Gasteiger partial charge in [0, 0.05) is 11.6 Å². The van der Waals surface area contributed by atoms with Gasteiger partial charge in [0.2, 0.25) is 0 Å². The van der Waals surface area contributed by atoms with E-state index < -0.39 is 6.10 Å². The van der Waals surface area contributed by atoms with E-state index in [-0.39, 0.29) is 11.9 Å². The Kier molecular flexibility index (Phi) is 4.50. The molecule has 4 nitrogen and oxygen atoms in total. The smallest absolute Gasteiger partial charge is 0.123 e. The van der Waals surface area contributed by atoms with Gasteiger partial charge in [0.25, 0.3) is 0 Å². The van der Waals surface area contributed by atoms with E-state index in [1.807, 2.05) is 26.1 Å². The van der Waals surface area contributed by atoms with Crippen LogP contribution in [0.25, 0.3) is 5.57 Å². The van der Waals surface area contributed by atoms with Crippen LogP contribution < -0.4 is 0 Å². The fourth-order valence-electron chi connectivity index (χ4n) is 3.90. The van der Waals surface area contributed by atoms with Crippen molar-refractivity contribution in [2.45, 2.75) is 44.4 Å². The first-order valence-electron chi connectivity index (χ1n) is 8.06. The summed E-state index contributed by atoms with van der Waals surface area (Å²) in [6.07, 6.45) is 1.88. The molecule has 5 heteroatoms. The van der Waals surface area contributed by atoms with Crippen molar-refractivity contribution in [2.75, 3.05) is 14.2 Å². The van der Waals surface area contributed by atoms with Gasteiger partial charge < -0.3 is 9.94 Å². The summed E-state index contributed by atoms with van der Waals surface area (Å²) in [5.41, 5.74) is 4.02. The molecule has 0 aliphatic carbocycles. The second-order valence-electron chi connectivity index (χ2n) is 6.24. The molecule has 2 aliphatic heterocycles. The van der Waals surface area contributed by atoms with E-state index in [4.69, 9.17) is 4.84 Å². The Bertz CT molecular complexity index is 639. The molecule has 2 heterocycles. The highest BCUT2D eigenvalue weighted by Gasteiger charge is 2.46. The molecule has 2 bridgehead atoms. The van der Waals surface area contributed by atoms with Crippen LogP contribution in [0.3, 0.4) is 0 Å². The van der Waals surface area contributed by atoms with E-state index in [1.165, 1.54) is 19.2 Å². The molecule has 1 saturated heterocycles. The van der Waals surface area contributed by atoms with Gasteiger partial charge in [-0.3, -0.25) is 4.90 Å². The summed E-state index contributed by atoms with van der Waals surface area (Å²) in [6, 6.07) is 6.80. The van der Waals surface area contributed by atoms with Crippen molar-refractivity contribution in [3.8, 4) is 0 Å². The Morgan fingerprint density at radius 2 is 2.09 bits per heavy atom. The van der Waals surface area contributed by atoms with E-state index >= 15 is 0 Å².